The van der Waals surface area contributed by atoms with Crippen LogP contribution in [0.5, 0.6) is 0 Å². The topological polar surface area (TPSA) is 8.17 Å². The van der Waals surface area contributed by atoms with Gasteiger partial charge in [0.1, 0.15) is 0 Å². The molecule has 56 heavy (non-hydrogen) atoms. The van der Waals surface area contributed by atoms with Gasteiger partial charge in [0, 0.05) is 33.2 Å². The Morgan fingerprint density at radius 3 is 1.82 bits per heavy atom. The number of nitrogens with zero attached hydrogens (tertiary/aromatic N) is 2. The average molecular weight is 717 g/mol. The SMILES string of the molecule is [2H]c1c([2H])c(N(c2cccc(-c3cccc4c3c3ccccc3n4-c3ccc4ccccc4c3)c2)c2cccc3ccccc23)c([2H])c([2H])c1-c1cccc2ccccc12. The van der Waals surface area contributed by atoms with E-state index < -0.39 is 0 Å². The number of anilines is 3. The van der Waals surface area contributed by atoms with Crippen molar-refractivity contribution in [3.8, 4) is 27.9 Å². The third-order valence-electron chi connectivity index (χ3n) is 11.0. The molecule has 262 valence electrons. The van der Waals surface area contributed by atoms with Gasteiger partial charge in [0.15, 0.2) is 0 Å². The molecule has 2 nitrogen and oxygen atoms in total. The largest absolute Gasteiger partial charge is 0.310 e. The molecule has 0 atom stereocenters. The van der Waals surface area contributed by atoms with Crippen molar-refractivity contribution in [1.29, 1.82) is 0 Å². The van der Waals surface area contributed by atoms with E-state index >= 15 is 0 Å². The number of fused-ring (bicyclic) bond motifs is 6. The predicted octanol–water partition coefficient (Wildman–Crippen LogP) is 15.0. The minimum atomic E-state index is -0.113. The van der Waals surface area contributed by atoms with Gasteiger partial charge in [0.05, 0.1) is 22.2 Å². The highest BCUT2D eigenvalue weighted by Gasteiger charge is 2.19. The number of benzene rings is 10. The summed E-state index contributed by atoms with van der Waals surface area (Å²) in [6.45, 7) is 0. The van der Waals surface area contributed by atoms with E-state index in [-0.39, 0.29) is 35.4 Å². The Bertz CT molecular complexity index is 3470. The molecule has 11 rings (SSSR count). The average Bonchev–Trinajstić information content (AvgIpc) is 3.64. The normalized spacial score (nSPS) is 12.6. The number of aromatic nitrogens is 1. The van der Waals surface area contributed by atoms with E-state index in [1.807, 2.05) is 89.8 Å². The molecule has 0 N–H and O–H groups in total. The van der Waals surface area contributed by atoms with Gasteiger partial charge in [-0.3, -0.25) is 0 Å². The quantitative estimate of drug-likeness (QED) is 0.166. The highest BCUT2D eigenvalue weighted by Crippen LogP contribution is 2.43. The molecule has 1 heterocycles. The predicted molar refractivity (Wildman–Crippen MR) is 239 cm³/mol. The smallest absolute Gasteiger partial charge is 0.0645 e. The summed E-state index contributed by atoms with van der Waals surface area (Å²) in [4.78, 5) is 1.91. The van der Waals surface area contributed by atoms with E-state index in [1.165, 1.54) is 10.8 Å². The first-order chi connectivity index (χ1) is 29.5. The fraction of sp³-hybridized carbons (Fsp3) is 0. The van der Waals surface area contributed by atoms with Gasteiger partial charge in [-0.15, -0.1) is 0 Å². The second-order valence-corrected chi connectivity index (χ2v) is 14.2. The van der Waals surface area contributed by atoms with Crippen molar-refractivity contribution in [2.24, 2.45) is 0 Å². The van der Waals surface area contributed by atoms with Crippen LogP contribution >= 0.6 is 0 Å². The lowest BCUT2D eigenvalue weighted by atomic mass is 9.97. The maximum Gasteiger partial charge on any atom is 0.0645 e. The van der Waals surface area contributed by atoms with Crippen LogP contribution in [0, 0.1) is 0 Å². The van der Waals surface area contributed by atoms with E-state index in [9.17, 15) is 5.48 Å². The van der Waals surface area contributed by atoms with Gasteiger partial charge in [-0.2, -0.15) is 0 Å². The first-order valence-electron chi connectivity index (χ1n) is 20.9. The van der Waals surface area contributed by atoms with Gasteiger partial charge in [-0.05, 0) is 104 Å². The summed E-state index contributed by atoms with van der Waals surface area (Å²) in [6, 6.07) is 65.7. The summed E-state index contributed by atoms with van der Waals surface area (Å²) in [7, 11) is 0. The third kappa shape index (κ3) is 5.26. The van der Waals surface area contributed by atoms with Crippen LogP contribution < -0.4 is 4.90 Å². The van der Waals surface area contributed by atoms with Crippen LogP contribution in [-0.4, -0.2) is 4.57 Å². The summed E-state index contributed by atoms with van der Waals surface area (Å²) >= 11 is 0. The van der Waals surface area contributed by atoms with Crippen LogP contribution in [0.3, 0.4) is 0 Å². The Labute approximate surface area is 331 Å². The summed E-state index contributed by atoms with van der Waals surface area (Å²) in [5, 5.41) is 8.42. The number of rotatable bonds is 6. The lowest BCUT2D eigenvalue weighted by Crippen LogP contribution is -2.10. The van der Waals surface area contributed by atoms with Crippen molar-refractivity contribution in [2.45, 2.75) is 0 Å². The Morgan fingerprint density at radius 1 is 0.375 bits per heavy atom. The van der Waals surface area contributed by atoms with Crippen molar-refractivity contribution >= 4 is 71.2 Å². The molecule has 0 amide bonds. The van der Waals surface area contributed by atoms with Crippen molar-refractivity contribution in [3.05, 3.63) is 218 Å². The standard InChI is InChI=1S/C54H36N2/c1-2-16-41-35-45(34-29-37(41)13-1)56-52-26-8-7-23-50(52)54-49(25-12-28-53(54)56)42-19-9-20-44(36-42)55(51-27-11-18-39-15-4-6-22-48(39)51)43-32-30-40(31-33-43)47-24-10-17-38-14-3-5-21-46(38)47/h1-36H/i30D,31D,32D,33D. The van der Waals surface area contributed by atoms with Crippen molar-refractivity contribution in [3.63, 3.8) is 0 Å². The van der Waals surface area contributed by atoms with Gasteiger partial charge in [0.2, 0.25) is 0 Å². The maximum absolute atomic E-state index is 9.68. The lowest BCUT2D eigenvalue weighted by molar-refractivity contribution is 1.19. The van der Waals surface area contributed by atoms with Gasteiger partial charge in [-0.25, -0.2) is 0 Å². The maximum atomic E-state index is 9.68. The summed E-state index contributed by atoms with van der Waals surface area (Å²) in [5.41, 5.74) is 7.92. The molecule has 0 fully saturated rings. The van der Waals surface area contributed by atoms with E-state index in [0.29, 0.717) is 5.56 Å². The number of para-hydroxylation sites is 1. The second kappa shape index (κ2) is 13.2. The number of hydrogen-bond donors (Lipinski definition) is 0. The molecule has 0 saturated carbocycles. The van der Waals surface area contributed by atoms with Crippen LogP contribution in [0.1, 0.15) is 5.48 Å². The van der Waals surface area contributed by atoms with Crippen molar-refractivity contribution < 1.29 is 5.48 Å². The van der Waals surface area contributed by atoms with Crippen molar-refractivity contribution in [1.82, 2.24) is 4.57 Å². The molecule has 1 aromatic heterocycles. The summed E-state index contributed by atoms with van der Waals surface area (Å²) in [6.07, 6.45) is 0. The molecule has 0 bridgehead atoms. The Hall–Kier alpha value is -7.42. The van der Waals surface area contributed by atoms with E-state index in [4.69, 9.17) is 0 Å². The van der Waals surface area contributed by atoms with E-state index in [0.717, 1.165) is 71.5 Å². The molecule has 0 aliphatic heterocycles. The monoisotopic (exact) mass is 716 g/mol. The molecule has 0 radical (unpaired) electrons. The van der Waals surface area contributed by atoms with Gasteiger partial charge in [0.25, 0.3) is 0 Å². The van der Waals surface area contributed by atoms with Gasteiger partial charge < -0.3 is 9.47 Å². The Morgan fingerprint density at radius 2 is 0.982 bits per heavy atom. The first-order valence-corrected chi connectivity index (χ1v) is 18.9. The number of hydrogen-bond acceptors (Lipinski definition) is 1. The van der Waals surface area contributed by atoms with Crippen LogP contribution in [0.25, 0.3) is 82.1 Å². The molecular formula is C54H36N2. The Balaban J connectivity index is 1.15. The minimum Gasteiger partial charge on any atom is -0.310 e. The molecule has 0 saturated heterocycles. The summed E-state index contributed by atoms with van der Waals surface area (Å²) < 4.78 is 40.7. The zero-order chi connectivity index (χ0) is 40.5. The lowest BCUT2D eigenvalue weighted by Gasteiger charge is -2.27. The van der Waals surface area contributed by atoms with Crippen LogP contribution in [0.15, 0.2) is 218 Å². The van der Waals surface area contributed by atoms with Crippen LogP contribution in [0.2, 0.25) is 0 Å². The van der Waals surface area contributed by atoms with Gasteiger partial charge in [-0.1, -0.05) is 164 Å². The third-order valence-corrected chi connectivity index (χ3v) is 11.0. The Kier molecular flexibility index (Phi) is 6.60. The van der Waals surface area contributed by atoms with E-state index in [2.05, 4.69) is 114 Å². The molecule has 10 aromatic carbocycles. The minimum absolute atomic E-state index is 0.0880. The van der Waals surface area contributed by atoms with Crippen LogP contribution in [-0.2, 0) is 0 Å². The molecule has 0 unspecified atom stereocenters. The highest BCUT2D eigenvalue weighted by molar-refractivity contribution is 6.16. The molecular weight excluding hydrogens is 677 g/mol. The fourth-order valence-corrected chi connectivity index (χ4v) is 8.45. The van der Waals surface area contributed by atoms with Crippen LogP contribution in [0.4, 0.5) is 17.1 Å². The highest BCUT2D eigenvalue weighted by atomic mass is 15.1. The zero-order valence-electron chi connectivity index (χ0n) is 34.4. The molecule has 0 aliphatic carbocycles. The molecule has 0 aliphatic rings. The molecule has 2 heteroatoms. The van der Waals surface area contributed by atoms with Gasteiger partial charge >= 0.3 is 0 Å². The summed E-state index contributed by atoms with van der Waals surface area (Å²) in [5.74, 6) is 0. The van der Waals surface area contributed by atoms with Crippen molar-refractivity contribution in [2.75, 3.05) is 4.90 Å². The molecule has 0 spiro atoms. The zero-order valence-corrected chi connectivity index (χ0v) is 30.4. The van der Waals surface area contributed by atoms with E-state index in [1.54, 1.807) is 0 Å². The molecule has 11 aromatic rings. The first kappa shape index (κ1) is 28.1. The second-order valence-electron chi connectivity index (χ2n) is 14.2. The fourth-order valence-electron chi connectivity index (χ4n) is 8.45.